The highest BCUT2D eigenvalue weighted by atomic mass is 16.5. The van der Waals surface area contributed by atoms with Crippen molar-refractivity contribution in [3.8, 4) is 0 Å². The van der Waals surface area contributed by atoms with Crippen LogP contribution in [-0.4, -0.2) is 52.2 Å². The highest BCUT2D eigenvalue weighted by molar-refractivity contribution is 4.50. The van der Waals surface area contributed by atoms with Gasteiger partial charge in [0.1, 0.15) is 0 Å². The summed E-state index contributed by atoms with van der Waals surface area (Å²) in [6.45, 7) is 11.7. The fraction of sp³-hybridized carbons (Fsp3) is 1.00. The lowest BCUT2D eigenvalue weighted by Crippen LogP contribution is -2.25. The van der Waals surface area contributed by atoms with Crippen LogP contribution in [0, 0.1) is 0 Å². The molecule has 0 aliphatic carbocycles. The third-order valence-electron chi connectivity index (χ3n) is 2.08. The van der Waals surface area contributed by atoms with Crippen molar-refractivity contribution in [2.24, 2.45) is 0 Å². The molecule has 0 fully saturated rings. The highest BCUT2D eigenvalue weighted by Crippen LogP contribution is 1.91. The summed E-state index contributed by atoms with van der Waals surface area (Å²) < 4.78 is 16.0. The molecular weight excluding hydrogens is 206 g/mol. The normalized spacial score (nSPS) is 12.9. The van der Waals surface area contributed by atoms with Gasteiger partial charge in [-0.15, -0.1) is 0 Å². The van der Waals surface area contributed by atoms with Crippen molar-refractivity contribution in [2.75, 3.05) is 46.1 Å². The van der Waals surface area contributed by atoms with E-state index in [4.69, 9.17) is 14.2 Å². The van der Waals surface area contributed by atoms with Crippen molar-refractivity contribution < 1.29 is 14.2 Å². The molecule has 1 N–H and O–H groups in total. The van der Waals surface area contributed by atoms with E-state index in [1.165, 1.54) is 0 Å². The Morgan fingerprint density at radius 1 is 1.00 bits per heavy atom. The highest BCUT2D eigenvalue weighted by Gasteiger charge is 2.00. The molecule has 0 aliphatic heterocycles. The van der Waals surface area contributed by atoms with Gasteiger partial charge in [-0.05, 0) is 33.7 Å². The molecule has 0 heterocycles. The third kappa shape index (κ3) is 11.9. The van der Waals surface area contributed by atoms with Crippen LogP contribution in [0.4, 0.5) is 0 Å². The second-order valence-electron chi connectivity index (χ2n) is 3.64. The molecule has 0 spiro atoms. The van der Waals surface area contributed by atoms with Crippen LogP contribution in [-0.2, 0) is 14.2 Å². The van der Waals surface area contributed by atoms with Crippen LogP contribution in [0.5, 0.6) is 0 Å². The molecule has 0 aromatic rings. The Labute approximate surface area is 99.6 Å². The maximum Gasteiger partial charge on any atom is 0.0781 e. The fourth-order valence-corrected chi connectivity index (χ4v) is 1.23. The van der Waals surface area contributed by atoms with E-state index in [1.54, 1.807) is 0 Å². The van der Waals surface area contributed by atoms with E-state index in [0.717, 1.165) is 45.9 Å². The molecule has 0 saturated carbocycles. The molecule has 1 atom stereocenters. The molecule has 98 valence electrons. The zero-order valence-corrected chi connectivity index (χ0v) is 11.0. The number of rotatable bonds is 12. The molecule has 0 rings (SSSR count). The van der Waals surface area contributed by atoms with Crippen LogP contribution in [0.15, 0.2) is 0 Å². The molecule has 16 heavy (non-hydrogen) atoms. The Bertz CT molecular complexity index is 133. The number of nitrogens with one attached hydrogen (secondary N) is 1. The van der Waals surface area contributed by atoms with Crippen LogP contribution in [0.2, 0.25) is 0 Å². The molecule has 0 radical (unpaired) electrons. The Kier molecular flexibility index (Phi) is 12.8. The van der Waals surface area contributed by atoms with E-state index in [2.05, 4.69) is 5.32 Å². The quantitative estimate of drug-likeness (QED) is 0.518. The standard InChI is InChI=1S/C12H27NO3/c1-4-14-9-6-7-13-8-10-16-12(3)11-15-5-2/h12-13H,4-11H2,1-3H3. The van der Waals surface area contributed by atoms with Gasteiger partial charge < -0.3 is 19.5 Å². The molecule has 0 aliphatic rings. The smallest absolute Gasteiger partial charge is 0.0781 e. The second-order valence-corrected chi connectivity index (χ2v) is 3.64. The second kappa shape index (κ2) is 12.9. The van der Waals surface area contributed by atoms with Crippen LogP contribution < -0.4 is 5.32 Å². The van der Waals surface area contributed by atoms with Gasteiger partial charge in [0.05, 0.1) is 19.3 Å². The molecule has 0 aromatic heterocycles. The zero-order valence-electron chi connectivity index (χ0n) is 11.0. The summed E-state index contributed by atoms with van der Waals surface area (Å²) in [5.74, 6) is 0. The molecule has 0 amide bonds. The summed E-state index contributed by atoms with van der Waals surface area (Å²) in [5, 5.41) is 3.31. The predicted molar refractivity (Wildman–Crippen MR) is 65.9 cm³/mol. The maximum atomic E-state index is 5.55. The van der Waals surface area contributed by atoms with Crippen LogP contribution in [0.3, 0.4) is 0 Å². The SMILES string of the molecule is CCOCCCNCCOC(C)COCC. The Morgan fingerprint density at radius 3 is 2.44 bits per heavy atom. The minimum absolute atomic E-state index is 0.185. The van der Waals surface area contributed by atoms with Crippen LogP contribution in [0.1, 0.15) is 27.2 Å². The van der Waals surface area contributed by atoms with E-state index in [-0.39, 0.29) is 6.10 Å². The Balaban J connectivity index is 3.02. The molecular formula is C12H27NO3. The summed E-state index contributed by atoms with van der Waals surface area (Å²) in [4.78, 5) is 0. The molecule has 0 bridgehead atoms. The van der Waals surface area contributed by atoms with Gasteiger partial charge >= 0.3 is 0 Å². The first-order valence-electron chi connectivity index (χ1n) is 6.29. The van der Waals surface area contributed by atoms with Gasteiger partial charge in [-0.1, -0.05) is 0 Å². The minimum Gasteiger partial charge on any atom is -0.382 e. The summed E-state index contributed by atoms with van der Waals surface area (Å²) in [5.41, 5.74) is 0. The lowest BCUT2D eigenvalue weighted by Gasteiger charge is -2.13. The summed E-state index contributed by atoms with van der Waals surface area (Å²) >= 11 is 0. The van der Waals surface area contributed by atoms with Gasteiger partial charge in [0.15, 0.2) is 0 Å². The van der Waals surface area contributed by atoms with E-state index < -0.39 is 0 Å². The molecule has 1 unspecified atom stereocenters. The largest absolute Gasteiger partial charge is 0.382 e. The maximum absolute atomic E-state index is 5.55. The average Bonchev–Trinajstić information content (AvgIpc) is 2.30. The van der Waals surface area contributed by atoms with Crippen molar-refractivity contribution >= 4 is 0 Å². The van der Waals surface area contributed by atoms with Gasteiger partial charge in [-0.3, -0.25) is 0 Å². The minimum atomic E-state index is 0.185. The number of ether oxygens (including phenoxy) is 3. The van der Waals surface area contributed by atoms with Gasteiger partial charge in [-0.2, -0.15) is 0 Å². The summed E-state index contributed by atoms with van der Waals surface area (Å²) in [6.07, 6.45) is 1.24. The predicted octanol–water partition coefficient (Wildman–Crippen LogP) is 1.44. The van der Waals surface area contributed by atoms with E-state index in [0.29, 0.717) is 6.61 Å². The molecule has 4 nitrogen and oxygen atoms in total. The van der Waals surface area contributed by atoms with Crippen molar-refractivity contribution in [1.82, 2.24) is 5.32 Å². The van der Waals surface area contributed by atoms with Crippen LogP contribution >= 0.6 is 0 Å². The van der Waals surface area contributed by atoms with Crippen molar-refractivity contribution in [3.63, 3.8) is 0 Å². The van der Waals surface area contributed by atoms with E-state index in [9.17, 15) is 0 Å². The van der Waals surface area contributed by atoms with Gasteiger partial charge in [0, 0.05) is 26.4 Å². The fourth-order valence-electron chi connectivity index (χ4n) is 1.23. The molecule has 0 aromatic carbocycles. The molecule has 0 saturated heterocycles. The third-order valence-corrected chi connectivity index (χ3v) is 2.08. The Hall–Kier alpha value is -0.160. The lowest BCUT2D eigenvalue weighted by molar-refractivity contribution is -0.00195. The van der Waals surface area contributed by atoms with Gasteiger partial charge in [0.2, 0.25) is 0 Å². The average molecular weight is 233 g/mol. The summed E-state index contributed by atoms with van der Waals surface area (Å²) in [6, 6.07) is 0. The van der Waals surface area contributed by atoms with Crippen molar-refractivity contribution in [3.05, 3.63) is 0 Å². The number of hydrogen-bond donors (Lipinski definition) is 1. The van der Waals surface area contributed by atoms with Crippen molar-refractivity contribution in [1.29, 1.82) is 0 Å². The molecule has 4 heteroatoms. The van der Waals surface area contributed by atoms with E-state index >= 15 is 0 Å². The lowest BCUT2D eigenvalue weighted by atomic mass is 10.4. The number of hydrogen-bond acceptors (Lipinski definition) is 4. The first kappa shape index (κ1) is 15.8. The van der Waals surface area contributed by atoms with Crippen LogP contribution in [0.25, 0.3) is 0 Å². The summed E-state index contributed by atoms with van der Waals surface area (Å²) in [7, 11) is 0. The van der Waals surface area contributed by atoms with Crippen molar-refractivity contribution in [2.45, 2.75) is 33.3 Å². The Morgan fingerprint density at radius 2 is 1.75 bits per heavy atom. The van der Waals surface area contributed by atoms with Gasteiger partial charge in [-0.25, -0.2) is 0 Å². The zero-order chi connectivity index (χ0) is 12.1. The first-order chi connectivity index (χ1) is 7.81. The topological polar surface area (TPSA) is 39.7 Å². The monoisotopic (exact) mass is 233 g/mol. The van der Waals surface area contributed by atoms with E-state index in [1.807, 2.05) is 20.8 Å². The first-order valence-corrected chi connectivity index (χ1v) is 6.29. The van der Waals surface area contributed by atoms with Gasteiger partial charge in [0.25, 0.3) is 0 Å².